The van der Waals surface area contributed by atoms with Crippen molar-refractivity contribution in [1.82, 2.24) is 10.2 Å². The molecule has 1 saturated carbocycles. The van der Waals surface area contributed by atoms with Crippen LogP contribution in [-0.4, -0.2) is 47.0 Å². The maximum atomic E-state index is 5.06. The lowest BCUT2D eigenvalue weighted by Crippen LogP contribution is -2.50. The summed E-state index contributed by atoms with van der Waals surface area (Å²) in [5, 5.41) is 5.03. The highest BCUT2D eigenvalue weighted by Crippen LogP contribution is 2.38. The van der Waals surface area contributed by atoms with E-state index in [1.54, 1.807) is 0 Å². The molecule has 4 aliphatic heterocycles. The summed E-state index contributed by atoms with van der Waals surface area (Å²) in [6, 6.07) is 0.582. The van der Waals surface area contributed by atoms with E-state index in [2.05, 4.69) is 10.2 Å². The Balaban J connectivity index is 1.46. The van der Waals surface area contributed by atoms with E-state index in [4.69, 9.17) is 4.99 Å². The Kier molecular flexibility index (Phi) is 2.84. The lowest BCUT2D eigenvalue weighted by molar-refractivity contribution is 0.0906. The number of piperidine rings is 3. The standard InChI is InChI=1S/C14H23N3S/c1-2-6-14(5-1)10-18-13(16-14)15-12-9-17-7-3-11(12)4-8-17/h11-12H,1-10H2,(H,15,16). The van der Waals surface area contributed by atoms with Gasteiger partial charge in [-0.15, -0.1) is 0 Å². The molecule has 0 amide bonds. The van der Waals surface area contributed by atoms with Crippen molar-refractivity contribution in [1.29, 1.82) is 0 Å². The Bertz CT molecular complexity index is 354. The van der Waals surface area contributed by atoms with Crippen LogP contribution in [0.4, 0.5) is 0 Å². The largest absolute Gasteiger partial charge is 0.359 e. The van der Waals surface area contributed by atoms with Crippen molar-refractivity contribution in [3.8, 4) is 0 Å². The fraction of sp³-hybridized carbons (Fsp3) is 0.929. The zero-order valence-corrected chi connectivity index (χ0v) is 11.8. The molecule has 4 heterocycles. The molecule has 3 nitrogen and oxygen atoms in total. The Morgan fingerprint density at radius 1 is 1.22 bits per heavy atom. The molecule has 1 unspecified atom stereocenters. The Labute approximate surface area is 114 Å². The first-order chi connectivity index (χ1) is 8.83. The highest BCUT2D eigenvalue weighted by molar-refractivity contribution is 8.14. The van der Waals surface area contributed by atoms with Crippen molar-refractivity contribution in [2.45, 2.75) is 50.1 Å². The van der Waals surface area contributed by atoms with Crippen molar-refractivity contribution in [3.05, 3.63) is 0 Å². The minimum atomic E-state index is 0.428. The second-order valence-electron chi connectivity index (χ2n) is 6.54. The molecule has 0 aromatic carbocycles. The van der Waals surface area contributed by atoms with Crippen LogP contribution in [0.5, 0.6) is 0 Å². The van der Waals surface area contributed by atoms with Crippen LogP contribution in [0.3, 0.4) is 0 Å². The normalized spacial score (nSPS) is 43.8. The number of aliphatic imine (C=N–C) groups is 1. The van der Waals surface area contributed by atoms with E-state index >= 15 is 0 Å². The third-order valence-electron chi connectivity index (χ3n) is 5.32. The van der Waals surface area contributed by atoms with Crippen LogP contribution in [0.1, 0.15) is 38.5 Å². The molecule has 4 heteroatoms. The van der Waals surface area contributed by atoms with Gasteiger partial charge in [0.1, 0.15) is 0 Å². The summed E-state index contributed by atoms with van der Waals surface area (Å²) in [5.41, 5.74) is 0.428. The first-order valence-corrected chi connectivity index (χ1v) is 8.53. The Morgan fingerprint density at radius 3 is 2.67 bits per heavy atom. The molecular weight excluding hydrogens is 242 g/mol. The molecule has 0 aromatic heterocycles. The van der Waals surface area contributed by atoms with E-state index in [1.807, 2.05) is 11.8 Å². The quantitative estimate of drug-likeness (QED) is 0.787. The summed E-state index contributed by atoms with van der Waals surface area (Å²) in [6.07, 6.45) is 8.27. The lowest BCUT2D eigenvalue weighted by atomic mass is 9.84. The van der Waals surface area contributed by atoms with Gasteiger partial charge in [-0.25, -0.2) is 0 Å². The van der Waals surface area contributed by atoms with Gasteiger partial charge < -0.3 is 10.2 Å². The number of hydrogen-bond acceptors (Lipinski definition) is 3. The molecule has 100 valence electrons. The smallest absolute Gasteiger partial charge is 0.157 e. The van der Waals surface area contributed by atoms with Crippen molar-refractivity contribution in [2.75, 3.05) is 25.4 Å². The number of amidine groups is 1. The molecular formula is C14H23N3S. The van der Waals surface area contributed by atoms with Gasteiger partial charge in [-0.2, -0.15) is 0 Å². The van der Waals surface area contributed by atoms with Gasteiger partial charge in [-0.05, 0) is 44.7 Å². The molecule has 1 atom stereocenters. The summed E-state index contributed by atoms with van der Waals surface area (Å²) in [7, 11) is 0. The monoisotopic (exact) mass is 265 g/mol. The third-order valence-corrected chi connectivity index (χ3v) is 6.50. The van der Waals surface area contributed by atoms with Crippen molar-refractivity contribution in [2.24, 2.45) is 10.9 Å². The number of hydrogen-bond donors (Lipinski definition) is 1. The fourth-order valence-electron chi connectivity index (χ4n) is 4.13. The summed E-state index contributed by atoms with van der Waals surface area (Å²) in [5.74, 6) is 2.12. The average Bonchev–Trinajstić information content (AvgIpc) is 3.02. The van der Waals surface area contributed by atoms with Crippen LogP contribution in [0.2, 0.25) is 0 Å². The number of rotatable bonds is 1. The zero-order valence-electron chi connectivity index (χ0n) is 11.0. The topological polar surface area (TPSA) is 27.6 Å². The molecule has 18 heavy (non-hydrogen) atoms. The van der Waals surface area contributed by atoms with Crippen molar-refractivity contribution >= 4 is 16.9 Å². The van der Waals surface area contributed by atoms with E-state index in [9.17, 15) is 0 Å². The van der Waals surface area contributed by atoms with Crippen LogP contribution in [0.25, 0.3) is 0 Å². The molecule has 5 aliphatic rings. The van der Waals surface area contributed by atoms with Gasteiger partial charge in [0.2, 0.25) is 0 Å². The molecule has 1 N–H and O–H groups in total. The molecule has 0 radical (unpaired) electrons. The summed E-state index contributed by atoms with van der Waals surface area (Å²) in [4.78, 5) is 7.66. The van der Waals surface area contributed by atoms with Crippen LogP contribution >= 0.6 is 11.8 Å². The SMILES string of the molecule is C1CCC2(C1)CSC(=NC1CN3CCC1CC3)N2. The van der Waals surface area contributed by atoms with E-state index in [-0.39, 0.29) is 0 Å². The van der Waals surface area contributed by atoms with E-state index in [0.29, 0.717) is 11.6 Å². The second-order valence-corrected chi connectivity index (χ2v) is 7.50. The molecule has 2 bridgehead atoms. The maximum Gasteiger partial charge on any atom is 0.157 e. The van der Waals surface area contributed by atoms with Gasteiger partial charge in [0.25, 0.3) is 0 Å². The summed E-state index contributed by atoms with van der Waals surface area (Å²) in [6.45, 7) is 3.84. The van der Waals surface area contributed by atoms with E-state index in [0.717, 1.165) is 5.92 Å². The minimum absolute atomic E-state index is 0.428. The molecule has 5 fully saturated rings. The molecule has 1 aliphatic carbocycles. The van der Waals surface area contributed by atoms with Crippen LogP contribution < -0.4 is 5.32 Å². The van der Waals surface area contributed by atoms with E-state index in [1.165, 1.54) is 69.1 Å². The van der Waals surface area contributed by atoms with Gasteiger partial charge in [0.05, 0.1) is 6.04 Å². The first-order valence-electron chi connectivity index (χ1n) is 7.54. The van der Waals surface area contributed by atoms with Crippen molar-refractivity contribution in [3.63, 3.8) is 0 Å². The van der Waals surface area contributed by atoms with Gasteiger partial charge in [0, 0.05) is 17.8 Å². The average molecular weight is 265 g/mol. The van der Waals surface area contributed by atoms with E-state index < -0.39 is 0 Å². The predicted octanol–water partition coefficient (Wildman–Crippen LogP) is 2.09. The maximum absolute atomic E-state index is 5.06. The van der Waals surface area contributed by atoms with Gasteiger partial charge in [-0.1, -0.05) is 24.6 Å². The number of nitrogens with one attached hydrogen (secondary N) is 1. The number of thioether (sulfide) groups is 1. The summed E-state index contributed by atoms with van der Waals surface area (Å²) >= 11 is 1.98. The van der Waals surface area contributed by atoms with Gasteiger partial charge in [-0.3, -0.25) is 4.99 Å². The van der Waals surface area contributed by atoms with Crippen LogP contribution in [0.15, 0.2) is 4.99 Å². The molecule has 4 saturated heterocycles. The zero-order chi connectivity index (χ0) is 12.0. The third kappa shape index (κ3) is 1.97. The van der Waals surface area contributed by atoms with Crippen LogP contribution in [0, 0.1) is 5.92 Å². The fourth-order valence-corrected chi connectivity index (χ4v) is 5.40. The first kappa shape index (κ1) is 11.6. The van der Waals surface area contributed by atoms with Gasteiger partial charge in [0.15, 0.2) is 5.17 Å². The number of nitrogens with zero attached hydrogens (tertiary/aromatic N) is 2. The molecule has 5 rings (SSSR count). The molecule has 0 aromatic rings. The predicted molar refractivity (Wildman–Crippen MR) is 77.2 cm³/mol. The highest BCUT2D eigenvalue weighted by Gasteiger charge is 2.41. The van der Waals surface area contributed by atoms with Crippen molar-refractivity contribution < 1.29 is 0 Å². The lowest BCUT2D eigenvalue weighted by Gasteiger charge is -2.43. The molecule has 1 spiro atoms. The Hall–Kier alpha value is -0.220. The van der Waals surface area contributed by atoms with Crippen LogP contribution in [-0.2, 0) is 0 Å². The van der Waals surface area contributed by atoms with Gasteiger partial charge >= 0.3 is 0 Å². The summed E-state index contributed by atoms with van der Waals surface area (Å²) < 4.78 is 0. The number of fused-ring (bicyclic) bond motifs is 3. The second kappa shape index (κ2) is 4.41. The minimum Gasteiger partial charge on any atom is -0.359 e. The highest BCUT2D eigenvalue weighted by atomic mass is 32.2. The Morgan fingerprint density at radius 2 is 2.00 bits per heavy atom.